The van der Waals surface area contributed by atoms with Crippen molar-refractivity contribution in [1.82, 2.24) is 9.55 Å². The number of rotatable bonds is 13. The second kappa shape index (κ2) is 12.0. The van der Waals surface area contributed by atoms with Crippen LogP contribution in [-0.4, -0.2) is 54.1 Å². The Morgan fingerprint density at radius 2 is 1.62 bits per heavy atom. The van der Waals surface area contributed by atoms with Crippen molar-refractivity contribution >= 4 is 13.4 Å². The van der Waals surface area contributed by atoms with Gasteiger partial charge in [-0.25, -0.2) is 9.18 Å². The Balaban J connectivity index is 2.73. The lowest BCUT2D eigenvalue weighted by molar-refractivity contribution is -0.166. The molecule has 32 heavy (non-hydrogen) atoms. The fraction of sp³-hybridized carbons (Fsp3) is 0.750. The largest absolute Gasteiger partial charge is 0.412 e. The molecule has 0 fully saturated rings. The minimum Gasteiger partial charge on any atom is -0.367 e. The van der Waals surface area contributed by atoms with E-state index in [4.69, 9.17) is 4.74 Å². The Morgan fingerprint density at radius 3 is 2.09 bits per heavy atom. The van der Waals surface area contributed by atoms with Crippen molar-refractivity contribution in [1.29, 1.82) is 0 Å². The summed E-state index contributed by atoms with van der Waals surface area (Å²) in [5, 5.41) is 2.77. The standard InChI is InChI=1S/C16H23F7N3O5P/c1-3-11(4-2)24-13-12(17)7-26(14(27)25-13)5-6-29-10-32(28,30-8-15(18,19)20)31-9-16(21,22)23/h7,11H,3-6,8-10H2,1-2H3,(H,24,25,27). The van der Waals surface area contributed by atoms with Gasteiger partial charge in [-0.15, -0.1) is 0 Å². The van der Waals surface area contributed by atoms with Crippen LogP contribution >= 0.6 is 7.60 Å². The summed E-state index contributed by atoms with van der Waals surface area (Å²) in [4.78, 5) is 15.6. The molecule has 0 radical (unpaired) electrons. The van der Waals surface area contributed by atoms with Crippen molar-refractivity contribution in [3.05, 3.63) is 22.5 Å². The second-order valence-corrected chi connectivity index (χ2v) is 8.49. The summed E-state index contributed by atoms with van der Waals surface area (Å²) in [6, 6.07) is -0.113. The van der Waals surface area contributed by atoms with Crippen molar-refractivity contribution in [2.45, 2.75) is 51.6 Å². The lowest BCUT2D eigenvalue weighted by Gasteiger charge is -2.20. The Labute approximate surface area is 178 Å². The molecule has 16 heteroatoms. The van der Waals surface area contributed by atoms with Gasteiger partial charge in [-0.05, 0) is 12.8 Å². The number of hydrogen-bond donors (Lipinski definition) is 1. The van der Waals surface area contributed by atoms with Gasteiger partial charge in [-0.2, -0.15) is 31.3 Å². The third-order valence-corrected chi connectivity index (χ3v) is 5.39. The smallest absolute Gasteiger partial charge is 0.367 e. The van der Waals surface area contributed by atoms with Crippen LogP contribution in [0.25, 0.3) is 0 Å². The second-order valence-electron chi connectivity index (χ2n) is 6.50. The summed E-state index contributed by atoms with van der Waals surface area (Å²) in [5.74, 6) is -1.12. The van der Waals surface area contributed by atoms with E-state index in [1.54, 1.807) is 0 Å². The zero-order chi connectivity index (χ0) is 24.6. The van der Waals surface area contributed by atoms with E-state index in [1.165, 1.54) is 0 Å². The molecular formula is C16H23F7N3O5P. The minimum absolute atomic E-state index is 0.113. The van der Waals surface area contributed by atoms with E-state index in [1.807, 2.05) is 13.8 Å². The molecule has 0 aromatic carbocycles. The van der Waals surface area contributed by atoms with E-state index in [9.17, 15) is 40.1 Å². The molecule has 8 nitrogen and oxygen atoms in total. The van der Waals surface area contributed by atoms with Crippen LogP contribution in [0.3, 0.4) is 0 Å². The molecule has 1 aromatic heterocycles. The predicted molar refractivity (Wildman–Crippen MR) is 98.9 cm³/mol. The van der Waals surface area contributed by atoms with Gasteiger partial charge in [0.15, 0.2) is 24.8 Å². The highest BCUT2D eigenvalue weighted by atomic mass is 31.2. The van der Waals surface area contributed by atoms with Crippen LogP contribution in [0, 0.1) is 5.82 Å². The maximum atomic E-state index is 14.2. The zero-order valence-electron chi connectivity index (χ0n) is 17.1. The van der Waals surface area contributed by atoms with Gasteiger partial charge in [0.25, 0.3) is 0 Å². The van der Waals surface area contributed by atoms with Crippen LogP contribution in [0.2, 0.25) is 0 Å². The first kappa shape index (κ1) is 28.3. The minimum atomic E-state index is -4.97. The molecular weight excluding hydrogens is 478 g/mol. The van der Waals surface area contributed by atoms with E-state index >= 15 is 0 Å². The maximum absolute atomic E-state index is 14.2. The van der Waals surface area contributed by atoms with Gasteiger partial charge in [0, 0.05) is 12.2 Å². The monoisotopic (exact) mass is 501 g/mol. The van der Waals surface area contributed by atoms with Crippen LogP contribution in [0.5, 0.6) is 0 Å². The molecule has 0 saturated carbocycles. The van der Waals surface area contributed by atoms with Crippen LogP contribution in [0.15, 0.2) is 11.0 Å². The van der Waals surface area contributed by atoms with Crippen molar-refractivity contribution in [3.8, 4) is 0 Å². The number of nitrogens with zero attached hydrogens (tertiary/aromatic N) is 2. The quantitative estimate of drug-likeness (QED) is 0.245. The highest BCUT2D eigenvalue weighted by Crippen LogP contribution is 2.50. The zero-order valence-corrected chi connectivity index (χ0v) is 18.0. The number of ether oxygens (including phenoxy) is 1. The molecule has 0 atom stereocenters. The van der Waals surface area contributed by atoms with Gasteiger partial charge in [0.2, 0.25) is 0 Å². The van der Waals surface area contributed by atoms with Crippen molar-refractivity contribution in [2.75, 3.05) is 31.5 Å². The van der Waals surface area contributed by atoms with E-state index < -0.39 is 57.6 Å². The average Bonchev–Trinajstić information content (AvgIpc) is 2.68. The number of anilines is 1. The highest BCUT2D eigenvalue weighted by Gasteiger charge is 2.38. The van der Waals surface area contributed by atoms with Crippen LogP contribution in [0.4, 0.5) is 36.6 Å². The van der Waals surface area contributed by atoms with E-state index in [0.717, 1.165) is 10.8 Å². The SMILES string of the molecule is CCC(CC)Nc1nc(=O)n(CCOCP(=O)(OCC(F)(F)F)OCC(F)(F)F)cc1F. The molecule has 0 aliphatic carbocycles. The first-order chi connectivity index (χ1) is 14.7. The Morgan fingerprint density at radius 1 is 1.09 bits per heavy atom. The van der Waals surface area contributed by atoms with E-state index in [2.05, 4.69) is 19.3 Å². The number of hydrogen-bond acceptors (Lipinski definition) is 7. The number of alkyl halides is 6. The normalized spacial score (nSPS) is 13.1. The van der Waals surface area contributed by atoms with Gasteiger partial charge >= 0.3 is 25.6 Å². The van der Waals surface area contributed by atoms with Gasteiger partial charge in [-0.3, -0.25) is 18.2 Å². The number of aromatic nitrogens is 2. The van der Waals surface area contributed by atoms with Crippen molar-refractivity contribution < 1.29 is 49.1 Å². The topological polar surface area (TPSA) is 91.7 Å². The first-order valence-electron chi connectivity index (χ1n) is 9.31. The summed E-state index contributed by atoms with van der Waals surface area (Å²) >= 11 is 0. The third-order valence-electron chi connectivity index (χ3n) is 3.85. The highest BCUT2D eigenvalue weighted by molar-refractivity contribution is 7.53. The first-order valence-corrected chi connectivity index (χ1v) is 11.0. The van der Waals surface area contributed by atoms with Crippen LogP contribution < -0.4 is 11.0 Å². The van der Waals surface area contributed by atoms with Gasteiger partial charge < -0.3 is 10.1 Å². The lowest BCUT2D eigenvalue weighted by atomic mass is 10.2. The molecule has 0 spiro atoms. The Kier molecular flexibility index (Phi) is 10.6. The molecule has 0 saturated heterocycles. The van der Waals surface area contributed by atoms with E-state index in [-0.39, 0.29) is 18.4 Å². The van der Waals surface area contributed by atoms with Gasteiger partial charge in [0.1, 0.15) is 6.35 Å². The molecule has 0 amide bonds. The van der Waals surface area contributed by atoms with Gasteiger partial charge in [0.05, 0.1) is 13.2 Å². The fourth-order valence-electron chi connectivity index (χ4n) is 2.21. The number of nitrogens with one attached hydrogen (secondary N) is 1. The summed E-state index contributed by atoms with van der Waals surface area (Å²) < 4.78 is 113. The Hall–Kier alpha value is -1.70. The third kappa shape index (κ3) is 10.7. The van der Waals surface area contributed by atoms with Gasteiger partial charge in [-0.1, -0.05) is 13.8 Å². The van der Waals surface area contributed by atoms with E-state index in [0.29, 0.717) is 12.8 Å². The lowest BCUT2D eigenvalue weighted by Crippen LogP contribution is -2.29. The molecule has 1 heterocycles. The molecule has 0 aliphatic heterocycles. The maximum Gasteiger partial charge on any atom is 0.412 e. The fourth-order valence-corrected chi connectivity index (χ4v) is 3.47. The van der Waals surface area contributed by atoms with Crippen LogP contribution in [0.1, 0.15) is 26.7 Å². The van der Waals surface area contributed by atoms with Crippen LogP contribution in [-0.2, 0) is 24.9 Å². The van der Waals surface area contributed by atoms with Crippen molar-refractivity contribution in [2.24, 2.45) is 0 Å². The summed E-state index contributed by atoms with van der Waals surface area (Å²) in [7, 11) is -4.94. The summed E-state index contributed by atoms with van der Waals surface area (Å²) in [6.07, 6.45) is -9.08. The summed E-state index contributed by atoms with van der Waals surface area (Å²) in [5.41, 5.74) is -0.881. The molecule has 0 unspecified atom stereocenters. The molecule has 0 aliphatic rings. The Bertz CT molecular complexity index is 806. The molecule has 1 aromatic rings. The average molecular weight is 501 g/mol. The molecule has 186 valence electrons. The molecule has 1 rings (SSSR count). The molecule has 0 bridgehead atoms. The summed E-state index contributed by atoms with van der Waals surface area (Å²) in [6.45, 7) is -1.45. The van der Waals surface area contributed by atoms with Crippen molar-refractivity contribution in [3.63, 3.8) is 0 Å². The number of halogens is 7. The molecule has 1 N–H and O–H groups in total. The predicted octanol–water partition coefficient (Wildman–Crippen LogP) is 4.31.